The number of aryl methyl sites for hydroxylation is 1. The van der Waals surface area contributed by atoms with Gasteiger partial charge >= 0.3 is 22.5 Å². The maximum absolute atomic E-state index is 12.9. The quantitative estimate of drug-likeness (QED) is 0.500. The monoisotopic (exact) mass is 392 g/mol. The number of rotatable bonds is 8. The summed E-state index contributed by atoms with van der Waals surface area (Å²) in [6.07, 6.45) is -3.85. The molecule has 0 aliphatic heterocycles. The Bertz CT molecular complexity index is 836. The highest BCUT2D eigenvalue weighted by Crippen LogP contribution is 2.25. The van der Waals surface area contributed by atoms with Gasteiger partial charge in [-0.3, -0.25) is 0 Å². The minimum absolute atomic E-state index is 0.139. The first-order valence-corrected chi connectivity index (χ1v) is 9.02. The average molecular weight is 392 g/mol. The minimum atomic E-state index is -4.30. The van der Waals surface area contributed by atoms with Gasteiger partial charge in [-0.1, -0.05) is 29.8 Å². The van der Waals surface area contributed by atoms with Gasteiger partial charge in [-0.15, -0.1) is 0 Å². The molecule has 0 spiro atoms. The normalized spacial score (nSPS) is 12.2. The molecule has 0 saturated carbocycles. The summed E-state index contributed by atoms with van der Waals surface area (Å²) in [4.78, 5) is 0. The summed E-state index contributed by atoms with van der Waals surface area (Å²) in [6.45, 7) is 0.322. The van der Waals surface area contributed by atoms with Gasteiger partial charge in [0.05, 0.1) is 0 Å². The van der Waals surface area contributed by atoms with Crippen LogP contribution in [0.2, 0.25) is 0 Å². The summed E-state index contributed by atoms with van der Waals surface area (Å²) >= 11 is 0. The molecular formula is C17H16F4O4S. The third-order valence-electron chi connectivity index (χ3n) is 3.24. The smallest absolute Gasteiger partial charge is 0.340 e. The predicted octanol–water partition coefficient (Wildman–Crippen LogP) is 4.18. The van der Waals surface area contributed by atoms with Crippen molar-refractivity contribution in [2.24, 2.45) is 0 Å². The number of hydrogen-bond acceptors (Lipinski definition) is 4. The van der Waals surface area contributed by atoms with E-state index in [0.717, 1.165) is 5.56 Å². The van der Waals surface area contributed by atoms with E-state index in [1.54, 1.807) is 12.1 Å². The molecule has 2 rings (SSSR count). The first-order valence-electron chi connectivity index (χ1n) is 7.44. The van der Waals surface area contributed by atoms with Crippen LogP contribution in [-0.2, 0) is 15.9 Å². The molecule has 142 valence electrons. The van der Waals surface area contributed by atoms with E-state index < -0.39 is 34.8 Å². The van der Waals surface area contributed by atoms with Gasteiger partial charge < -0.3 is 8.92 Å². The van der Waals surface area contributed by atoms with E-state index in [1.165, 1.54) is 36.4 Å². The summed E-state index contributed by atoms with van der Waals surface area (Å²) in [5.41, 5.74) is 1.13. The molecule has 0 N–H and O–H groups in total. The van der Waals surface area contributed by atoms with Gasteiger partial charge in [0.25, 0.3) is 0 Å². The fourth-order valence-electron chi connectivity index (χ4n) is 1.94. The molecule has 0 aliphatic carbocycles. The summed E-state index contributed by atoms with van der Waals surface area (Å²) in [7, 11) is -4.00. The Morgan fingerprint density at radius 3 is 2.31 bits per heavy atom. The van der Waals surface area contributed by atoms with Crippen LogP contribution in [0.5, 0.6) is 11.5 Å². The second-order valence-corrected chi connectivity index (χ2v) is 7.17. The molecule has 0 radical (unpaired) electrons. The molecule has 9 heteroatoms. The van der Waals surface area contributed by atoms with Crippen molar-refractivity contribution in [1.82, 2.24) is 0 Å². The van der Waals surface area contributed by atoms with Gasteiger partial charge in [-0.05, 0) is 36.8 Å². The highest BCUT2D eigenvalue weighted by atomic mass is 32.2. The zero-order valence-electron chi connectivity index (χ0n) is 13.7. The minimum Gasteiger partial charge on any atom is -0.487 e. The molecule has 0 aliphatic rings. The highest BCUT2D eigenvalue weighted by Gasteiger charge is 2.41. The van der Waals surface area contributed by atoms with Crippen molar-refractivity contribution < 1.29 is 34.9 Å². The average Bonchev–Trinajstić information content (AvgIpc) is 2.55. The maximum Gasteiger partial charge on any atom is 0.340 e. The Hall–Kier alpha value is -2.29. The molecule has 4 nitrogen and oxygen atoms in total. The second kappa shape index (κ2) is 7.94. The third-order valence-corrected chi connectivity index (χ3v) is 4.37. The van der Waals surface area contributed by atoms with Gasteiger partial charge in [0.1, 0.15) is 17.3 Å². The molecule has 0 bridgehead atoms. The molecule has 0 amide bonds. The summed E-state index contributed by atoms with van der Waals surface area (Å²) < 4.78 is 83.8. The Morgan fingerprint density at radius 1 is 1.04 bits per heavy atom. The molecule has 0 aromatic heterocycles. The largest absolute Gasteiger partial charge is 0.487 e. The summed E-state index contributed by atoms with van der Waals surface area (Å²) in [5, 5.41) is 0. The zero-order chi connectivity index (χ0) is 19.4. The molecule has 0 fully saturated rings. The van der Waals surface area contributed by atoms with E-state index in [2.05, 4.69) is 4.74 Å². The van der Waals surface area contributed by atoms with Crippen LogP contribution in [0.15, 0.2) is 48.5 Å². The molecule has 2 aromatic carbocycles. The summed E-state index contributed by atoms with van der Waals surface area (Å²) in [6, 6.07) is 11.6. The van der Waals surface area contributed by atoms with Crippen molar-refractivity contribution >= 4 is 10.1 Å². The topological polar surface area (TPSA) is 52.6 Å². The first-order chi connectivity index (χ1) is 12.1. The van der Waals surface area contributed by atoms with Crippen LogP contribution in [0.3, 0.4) is 0 Å². The lowest BCUT2D eigenvalue weighted by Crippen LogP contribution is -2.33. The third kappa shape index (κ3) is 5.91. The maximum atomic E-state index is 12.9. The molecule has 2 aromatic rings. The van der Waals surface area contributed by atoms with E-state index in [9.17, 15) is 26.0 Å². The molecule has 26 heavy (non-hydrogen) atoms. The van der Waals surface area contributed by atoms with Crippen LogP contribution in [-0.4, -0.2) is 27.4 Å². The van der Waals surface area contributed by atoms with Crippen LogP contribution in [0, 0.1) is 6.92 Å². The molecule has 0 unspecified atom stereocenters. The van der Waals surface area contributed by atoms with E-state index in [0.29, 0.717) is 0 Å². The number of ether oxygens (including phenoxy) is 1. The van der Waals surface area contributed by atoms with Gasteiger partial charge in [0.2, 0.25) is 0 Å². The second-order valence-electron chi connectivity index (χ2n) is 5.60. The molecule has 0 saturated heterocycles. The van der Waals surface area contributed by atoms with Crippen LogP contribution in [0.4, 0.5) is 17.6 Å². The van der Waals surface area contributed by atoms with Crippen molar-refractivity contribution in [2.45, 2.75) is 25.0 Å². The van der Waals surface area contributed by atoms with Crippen LogP contribution in [0.25, 0.3) is 0 Å². The first kappa shape index (κ1) is 20.0. The predicted molar refractivity (Wildman–Crippen MR) is 87.3 cm³/mol. The van der Waals surface area contributed by atoms with Crippen LogP contribution < -0.4 is 8.92 Å². The molecule has 0 atom stereocenters. The van der Waals surface area contributed by atoms with Crippen molar-refractivity contribution in [2.75, 3.05) is 6.61 Å². The van der Waals surface area contributed by atoms with E-state index in [-0.39, 0.29) is 17.1 Å². The van der Waals surface area contributed by atoms with Gasteiger partial charge in [-0.2, -0.15) is 17.2 Å². The lowest BCUT2D eigenvalue weighted by Gasteiger charge is -2.16. The van der Waals surface area contributed by atoms with Crippen molar-refractivity contribution in [1.29, 1.82) is 0 Å². The van der Waals surface area contributed by atoms with Crippen molar-refractivity contribution in [3.8, 4) is 11.5 Å². The zero-order valence-corrected chi connectivity index (χ0v) is 14.5. The van der Waals surface area contributed by atoms with Crippen LogP contribution in [0.1, 0.15) is 11.1 Å². The van der Waals surface area contributed by atoms with E-state index >= 15 is 0 Å². The standard InChI is InChI=1S/C17H16F4O4S/c1-12-5-7-14(8-6-12)25-26(22,23)10-13-3-2-4-15(9-13)24-11-17(20,21)16(18)19/h2-9,16H,10-11H2,1H3. The van der Waals surface area contributed by atoms with Crippen molar-refractivity contribution in [3.63, 3.8) is 0 Å². The van der Waals surface area contributed by atoms with E-state index in [4.69, 9.17) is 4.18 Å². The fraction of sp³-hybridized carbons (Fsp3) is 0.294. The number of halogens is 4. The SMILES string of the molecule is Cc1ccc(OS(=O)(=O)Cc2cccc(OCC(F)(F)C(F)F)c2)cc1. The van der Waals surface area contributed by atoms with E-state index in [1.807, 2.05) is 6.92 Å². The lowest BCUT2D eigenvalue weighted by atomic mass is 10.2. The van der Waals surface area contributed by atoms with Gasteiger partial charge in [0, 0.05) is 0 Å². The van der Waals surface area contributed by atoms with Gasteiger partial charge in [0.15, 0.2) is 6.61 Å². The Kier molecular flexibility index (Phi) is 6.12. The van der Waals surface area contributed by atoms with Crippen molar-refractivity contribution in [3.05, 3.63) is 59.7 Å². The highest BCUT2D eigenvalue weighted by molar-refractivity contribution is 7.86. The van der Waals surface area contributed by atoms with Gasteiger partial charge in [-0.25, -0.2) is 8.78 Å². The molecular weight excluding hydrogens is 376 g/mol. The Labute approximate surface area is 148 Å². The van der Waals surface area contributed by atoms with Crippen LogP contribution >= 0.6 is 0 Å². The fourth-order valence-corrected chi connectivity index (χ4v) is 2.99. The molecule has 0 heterocycles. The lowest BCUT2D eigenvalue weighted by molar-refractivity contribution is -0.148. The Balaban J connectivity index is 2.04. The number of hydrogen-bond donors (Lipinski definition) is 0. The number of alkyl halides is 4. The number of benzene rings is 2. The summed E-state index contributed by atoms with van der Waals surface area (Å²) in [5.74, 6) is -4.84. The Morgan fingerprint density at radius 2 is 1.69 bits per heavy atom.